The number of esters is 1. The van der Waals surface area contributed by atoms with Crippen molar-refractivity contribution in [2.45, 2.75) is 6.42 Å². The fourth-order valence-electron chi connectivity index (χ4n) is 2.62. The van der Waals surface area contributed by atoms with Crippen LogP contribution in [-0.2, 0) is 11.2 Å². The molecular weight excluding hydrogens is 354 g/mol. The monoisotopic (exact) mass is 375 g/mol. The maximum atomic E-state index is 12.3. The molecule has 6 nitrogen and oxygen atoms in total. The minimum absolute atomic E-state index is 0.269. The maximum absolute atomic E-state index is 12.3. The molecule has 0 bridgehead atoms. The molecule has 0 atom stereocenters. The predicted molar refractivity (Wildman–Crippen MR) is 109 cm³/mol. The van der Waals surface area contributed by atoms with Crippen LogP contribution in [0.5, 0.6) is 0 Å². The lowest BCUT2D eigenvalue weighted by Crippen LogP contribution is -2.13. The molecule has 0 fully saturated rings. The summed E-state index contributed by atoms with van der Waals surface area (Å²) in [5, 5.41) is 6.02. The van der Waals surface area contributed by atoms with Gasteiger partial charge in [-0.1, -0.05) is 30.3 Å². The summed E-state index contributed by atoms with van der Waals surface area (Å²) in [6, 6.07) is 20.2. The number of amides is 1. The van der Waals surface area contributed by atoms with Crippen LogP contribution < -0.4 is 10.6 Å². The lowest BCUT2D eigenvalue weighted by atomic mass is 10.1. The molecule has 28 heavy (non-hydrogen) atoms. The number of rotatable bonds is 7. The summed E-state index contributed by atoms with van der Waals surface area (Å²) in [5.41, 5.74) is 2.71. The van der Waals surface area contributed by atoms with Crippen LogP contribution in [0.3, 0.4) is 0 Å². The normalized spacial score (nSPS) is 10.2. The first-order valence-electron chi connectivity index (χ1n) is 8.89. The average Bonchev–Trinajstić information content (AvgIpc) is 2.75. The molecule has 6 heteroatoms. The summed E-state index contributed by atoms with van der Waals surface area (Å²) in [6.07, 6.45) is 2.43. The molecule has 0 aliphatic heterocycles. The van der Waals surface area contributed by atoms with E-state index < -0.39 is 5.97 Å². The number of hydrogen-bond acceptors (Lipinski definition) is 5. The van der Waals surface area contributed by atoms with Gasteiger partial charge in [0.25, 0.3) is 5.91 Å². The van der Waals surface area contributed by atoms with E-state index in [1.165, 1.54) is 18.9 Å². The Morgan fingerprint density at radius 2 is 1.64 bits per heavy atom. The van der Waals surface area contributed by atoms with Crippen LogP contribution in [0.1, 0.15) is 26.3 Å². The molecule has 2 aromatic carbocycles. The average molecular weight is 375 g/mol. The van der Waals surface area contributed by atoms with Gasteiger partial charge in [-0.25, -0.2) is 9.78 Å². The number of ether oxygens (including phenoxy) is 1. The minimum Gasteiger partial charge on any atom is -0.465 e. The molecule has 1 heterocycles. The Morgan fingerprint density at radius 3 is 2.29 bits per heavy atom. The van der Waals surface area contributed by atoms with Crippen molar-refractivity contribution in [2.75, 3.05) is 24.3 Å². The number of anilines is 2. The van der Waals surface area contributed by atoms with E-state index in [2.05, 4.69) is 32.5 Å². The van der Waals surface area contributed by atoms with E-state index in [-0.39, 0.29) is 5.91 Å². The number of aromatic nitrogens is 1. The standard InChI is InChI=1S/C22H21N3O3/c1-28-22(27)17-7-10-19(11-8-17)25-21(26)18-9-12-20(24-15-18)23-14-13-16-5-3-2-4-6-16/h2-12,15H,13-14H2,1H3,(H,23,24)(H,25,26). The van der Waals surface area contributed by atoms with Crippen molar-refractivity contribution in [3.05, 3.63) is 89.6 Å². The van der Waals surface area contributed by atoms with Gasteiger partial charge in [-0.15, -0.1) is 0 Å². The predicted octanol–water partition coefficient (Wildman–Crippen LogP) is 3.78. The Bertz CT molecular complexity index is 924. The van der Waals surface area contributed by atoms with Crippen LogP contribution in [0.15, 0.2) is 72.9 Å². The zero-order valence-electron chi connectivity index (χ0n) is 15.5. The summed E-state index contributed by atoms with van der Waals surface area (Å²) in [5.74, 6) is 0.0292. The zero-order chi connectivity index (χ0) is 19.8. The summed E-state index contributed by atoms with van der Waals surface area (Å²) < 4.78 is 4.65. The highest BCUT2D eigenvalue weighted by atomic mass is 16.5. The van der Waals surface area contributed by atoms with Gasteiger partial charge in [-0.05, 0) is 48.4 Å². The quantitative estimate of drug-likeness (QED) is 0.615. The molecule has 0 unspecified atom stereocenters. The molecule has 1 aromatic heterocycles. The van der Waals surface area contributed by atoms with Crippen molar-refractivity contribution >= 4 is 23.4 Å². The third kappa shape index (κ3) is 5.17. The highest BCUT2D eigenvalue weighted by Gasteiger charge is 2.09. The molecule has 142 valence electrons. The van der Waals surface area contributed by atoms with Crippen molar-refractivity contribution in [1.29, 1.82) is 0 Å². The van der Waals surface area contributed by atoms with Gasteiger partial charge < -0.3 is 15.4 Å². The highest BCUT2D eigenvalue weighted by molar-refractivity contribution is 6.04. The second kappa shape index (κ2) is 9.32. The Morgan fingerprint density at radius 1 is 0.929 bits per heavy atom. The van der Waals surface area contributed by atoms with Crippen molar-refractivity contribution in [1.82, 2.24) is 4.98 Å². The zero-order valence-corrected chi connectivity index (χ0v) is 15.5. The lowest BCUT2D eigenvalue weighted by Gasteiger charge is -2.08. The van der Waals surface area contributed by atoms with Gasteiger partial charge in [0.05, 0.1) is 18.2 Å². The van der Waals surface area contributed by atoms with Gasteiger partial charge in [0, 0.05) is 18.4 Å². The first-order valence-corrected chi connectivity index (χ1v) is 8.89. The first-order chi connectivity index (χ1) is 13.7. The van der Waals surface area contributed by atoms with Crippen LogP contribution in [-0.4, -0.2) is 30.5 Å². The molecule has 2 N–H and O–H groups in total. The van der Waals surface area contributed by atoms with E-state index in [0.717, 1.165) is 18.8 Å². The topological polar surface area (TPSA) is 80.3 Å². The van der Waals surface area contributed by atoms with Crippen LogP contribution in [0.25, 0.3) is 0 Å². The van der Waals surface area contributed by atoms with Gasteiger partial charge in [0.1, 0.15) is 5.82 Å². The van der Waals surface area contributed by atoms with E-state index in [9.17, 15) is 9.59 Å². The number of benzene rings is 2. The lowest BCUT2D eigenvalue weighted by molar-refractivity contribution is 0.0600. The fraction of sp³-hybridized carbons (Fsp3) is 0.136. The number of carbonyl (C=O) groups is 2. The van der Waals surface area contributed by atoms with Crippen LogP contribution in [0, 0.1) is 0 Å². The number of carbonyl (C=O) groups excluding carboxylic acids is 2. The van der Waals surface area contributed by atoms with Crippen LogP contribution in [0.2, 0.25) is 0 Å². The molecule has 0 saturated carbocycles. The van der Waals surface area contributed by atoms with Gasteiger partial charge in [0.2, 0.25) is 0 Å². The Balaban J connectivity index is 1.52. The molecular formula is C22H21N3O3. The van der Waals surface area contributed by atoms with E-state index in [1.807, 2.05) is 18.2 Å². The largest absolute Gasteiger partial charge is 0.465 e. The van der Waals surface area contributed by atoms with E-state index in [4.69, 9.17) is 0 Å². The van der Waals surface area contributed by atoms with Crippen molar-refractivity contribution < 1.29 is 14.3 Å². The summed E-state index contributed by atoms with van der Waals surface area (Å²) in [7, 11) is 1.32. The molecule has 0 aliphatic rings. The van der Waals surface area contributed by atoms with Crippen LogP contribution >= 0.6 is 0 Å². The van der Waals surface area contributed by atoms with E-state index >= 15 is 0 Å². The van der Waals surface area contributed by atoms with Gasteiger partial charge in [-0.3, -0.25) is 4.79 Å². The summed E-state index contributed by atoms with van der Waals surface area (Å²) in [6.45, 7) is 0.759. The second-order valence-corrected chi connectivity index (χ2v) is 6.12. The molecule has 3 aromatic rings. The number of methoxy groups -OCH3 is 1. The molecule has 1 amide bonds. The van der Waals surface area contributed by atoms with Crippen molar-refractivity contribution in [2.24, 2.45) is 0 Å². The molecule has 0 aliphatic carbocycles. The number of nitrogens with one attached hydrogen (secondary N) is 2. The van der Waals surface area contributed by atoms with E-state index in [1.54, 1.807) is 36.4 Å². The SMILES string of the molecule is COC(=O)c1ccc(NC(=O)c2ccc(NCCc3ccccc3)nc2)cc1. The minimum atomic E-state index is -0.419. The Hall–Kier alpha value is -3.67. The maximum Gasteiger partial charge on any atom is 0.337 e. The molecule has 0 spiro atoms. The highest BCUT2D eigenvalue weighted by Crippen LogP contribution is 2.13. The molecule has 0 radical (unpaired) electrons. The number of pyridine rings is 1. The van der Waals surface area contributed by atoms with Gasteiger partial charge in [0.15, 0.2) is 0 Å². The van der Waals surface area contributed by atoms with Crippen LogP contribution in [0.4, 0.5) is 11.5 Å². The third-order valence-corrected chi connectivity index (χ3v) is 4.15. The van der Waals surface area contributed by atoms with Crippen molar-refractivity contribution in [3.8, 4) is 0 Å². The Labute approximate surface area is 163 Å². The smallest absolute Gasteiger partial charge is 0.337 e. The Kier molecular flexibility index (Phi) is 6.36. The van der Waals surface area contributed by atoms with Crippen molar-refractivity contribution in [3.63, 3.8) is 0 Å². The van der Waals surface area contributed by atoms with Gasteiger partial charge in [-0.2, -0.15) is 0 Å². The van der Waals surface area contributed by atoms with E-state index in [0.29, 0.717) is 16.8 Å². The van der Waals surface area contributed by atoms with Gasteiger partial charge >= 0.3 is 5.97 Å². The fourth-order valence-corrected chi connectivity index (χ4v) is 2.62. The summed E-state index contributed by atoms with van der Waals surface area (Å²) in [4.78, 5) is 28.1. The molecule has 3 rings (SSSR count). The number of hydrogen-bond donors (Lipinski definition) is 2. The first kappa shape index (κ1) is 19.1. The second-order valence-electron chi connectivity index (χ2n) is 6.12. The number of nitrogens with zero attached hydrogens (tertiary/aromatic N) is 1. The summed E-state index contributed by atoms with van der Waals surface area (Å²) >= 11 is 0. The molecule has 0 saturated heterocycles. The third-order valence-electron chi connectivity index (χ3n) is 4.15.